The van der Waals surface area contributed by atoms with E-state index in [1.165, 1.54) is 6.20 Å². The van der Waals surface area contributed by atoms with Gasteiger partial charge < -0.3 is 10.0 Å². The Morgan fingerprint density at radius 3 is 2.71 bits per heavy atom. The second kappa shape index (κ2) is 4.11. The van der Waals surface area contributed by atoms with E-state index in [0.717, 1.165) is 31.7 Å². The van der Waals surface area contributed by atoms with Crippen molar-refractivity contribution in [1.82, 2.24) is 9.97 Å². The topological polar surface area (TPSA) is 49.2 Å². The number of rotatable bonds is 1. The van der Waals surface area contributed by atoms with Gasteiger partial charge in [0, 0.05) is 13.1 Å². The van der Waals surface area contributed by atoms with E-state index >= 15 is 0 Å². The Bertz CT molecular complexity index is 313. The highest BCUT2D eigenvalue weighted by molar-refractivity contribution is 6.29. The highest BCUT2D eigenvalue weighted by Crippen LogP contribution is 2.18. The molecule has 0 aromatic carbocycles. The number of hydrogen-bond donors (Lipinski definition) is 1. The van der Waals surface area contributed by atoms with Gasteiger partial charge in [-0.2, -0.15) is 0 Å². The van der Waals surface area contributed by atoms with Crippen LogP contribution in [0.15, 0.2) is 12.4 Å². The number of piperidine rings is 1. The minimum Gasteiger partial charge on any atom is -0.393 e. The summed E-state index contributed by atoms with van der Waals surface area (Å²) in [6, 6.07) is 0. The van der Waals surface area contributed by atoms with Crippen LogP contribution in [-0.2, 0) is 0 Å². The van der Waals surface area contributed by atoms with Crippen LogP contribution in [-0.4, -0.2) is 34.3 Å². The zero-order valence-electron chi connectivity index (χ0n) is 7.73. The molecule has 0 bridgehead atoms. The average molecular weight is 214 g/mol. The molecule has 0 amide bonds. The predicted molar refractivity (Wildman–Crippen MR) is 54.5 cm³/mol. The number of hydrogen-bond acceptors (Lipinski definition) is 4. The Kier molecular flexibility index (Phi) is 2.84. The van der Waals surface area contributed by atoms with Crippen molar-refractivity contribution in [2.24, 2.45) is 0 Å². The highest BCUT2D eigenvalue weighted by Gasteiger charge is 2.18. The van der Waals surface area contributed by atoms with E-state index in [9.17, 15) is 5.11 Å². The molecular formula is C9H12ClN3O. The van der Waals surface area contributed by atoms with Crippen molar-refractivity contribution >= 4 is 17.4 Å². The zero-order valence-corrected chi connectivity index (χ0v) is 8.48. The molecule has 1 N–H and O–H groups in total. The fraction of sp³-hybridized carbons (Fsp3) is 0.556. The number of nitrogens with zero attached hydrogens (tertiary/aromatic N) is 3. The molecule has 1 fully saturated rings. The molecular weight excluding hydrogens is 202 g/mol. The lowest BCUT2D eigenvalue weighted by molar-refractivity contribution is 0.145. The van der Waals surface area contributed by atoms with Gasteiger partial charge in [0.05, 0.1) is 18.5 Å². The number of aliphatic hydroxyl groups excluding tert-OH is 1. The lowest BCUT2D eigenvalue weighted by atomic mass is 10.1. The van der Waals surface area contributed by atoms with Gasteiger partial charge in [-0.1, -0.05) is 11.6 Å². The van der Waals surface area contributed by atoms with Gasteiger partial charge in [-0.25, -0.2) is 4.98 Å². The van der Waals surface area contributed by atoms with Crippen molar-refractivity contribution in [2.75, 3.05) is 18.0 Å². The summed E-state index contributed by atoms with van der Waals surface area (Å²) in [7, 11) is 0. The molecule has 0 spiro atoms. The molecule has 0 radical (unpaired) electrons. The summed E-state index contributed by atoms with van der Waals surface area (Å²) >= 11 is 5.74. The SMILES string of the molecule is OC1CCN(c2cncc(Cl)n2)CC1. The van der Waals surface area contributed by atoms with Gasteiger partial charge in [-0.3, -0.25) is 4.98 Å². The van der Waals surface area contributed by atoms with E-state index in [1.54, 1.807) is 6.20 Å². The van der Waals surface area contributed by atoms with Crippen LogP contribution in [0.2, 0.25) is 5.15 Å². The van der Waals surface area contributed by atoms with Crippen molar-refractivity contribution in [3.8, 4) is 0 Å². The van der Waals surface area contributed by atoms with Gasteiger partial charge in [0.15, 0.2) is 0 Å². The van der Waals surface area contributed by atoms with Gasteiger partial charge in [0.2, 0.25) is 0 Å². The van der Waals surface area contributed by atoms with Crippen LogP contribution in [0, 0.1) is 0 Å². The lowest BCUT2D eigenvalue weighted by Crippen LogP contribution is -2.36. The van der Waals surface area contributed by atoms with E-state index in [1.807, 2.05) is 0 Å². The molecule has 1 aromatic heterocycles. The summed E-state index contributed by atoms with van der Waals surface area (Å²) in [5.74, 6) is 0.796. The smallest absolute Gasteiger partial charge is 0.149 e. The molecule has 2 heterocycles. The molecule has 2 rings (SSSR count). The normalized spacial score (nSPS) is 18.6. The Morgan fingerprint density at radius 1 is 1.36 bits per heavy atom. The van der Waals surface area contributed by atoms with Crippen LogP contribution in [0.3, 0.4) is 0 Å². The van der Waals surface area contributed by atoms with Crippen molar-refractivity contribution in [3.05, 3.63) is 17.5 Å². The van der Waals surface area contributed by atoms with E-state index in [0.29, 0.717) is 5.15 Å². The van der Waals surface area contributed by atoms with E-state index < -0.39 is 0 Å². The van der Waals surface area contributed by atoms with Gasteiger partial charge in [-0.05, 0) is 12.8 Å². The molecule has 1 aromatic rings. The van der Waals surface area contributed by atoms with Gasteiger partial charge in [0.1, 0.15) is 11.0 Å². The summed E-state index contributed by atoms with van der Waals surface area (Å²) < 4.78 is 0. The molecule has 0 aliphatic carbocycles. The third-order valence-corrected chi connectivity index (χ3v) is 2.56. The zero-order chi connectivity index (χ0) is 9.97. The standard InChI is InChI=1S/C9H12ClN3O/c10-8-5-11-6-9(12-8)13-3-1-7(14)2-4-13/h5-7,14H,1-4H2. The first kappa shape index (κ1) is 9.68. The number of aromatic nitrogens is 2. The molecule has 0 saturated carbocycles. The first-order valence-corrected chi connectivity index (χ1v) is 5.04. The first-order valence-electron chi connectivity index (χ1n) is 4.66. The van der Waals surface area contributed by atoms with Crippen LogP contribution in [0.4, 0.5) is 5.82 Å². The Balaban J connectivity index is 2.08. The molecule has 0 atom stereocenters. The Morgan fingerprint density at radius 2 is 2.07 bits per heavy atom. The maximum atomic E-state index is 9.34. The summed E-state index contributed by atoms with van der Waals surface area (Å²) in [5, 5.41) is 9.75. The van der Waals surface area contributed by atoms with Crippen molar-refractivity contribution in [1.29, 1.82) is 0 Å². The first-order chi connectivity index (χ1) is 6.75. The summed E-state index contributed by atoms with van der Waals surface area (Å²) in [6.45, 7) is 1.63. The van der Waals surface area contributed by atoms with E-state index in [4.69, 9.17) is 11.6 Å². The Hall–Kier alpha value is -0.870. The monoisotopic (exact) mass is 213 g/mol. The molecule has 5 heteroatoms. The lowest BCUT2D eigenvalue weighted by Gasteiger charge is -2.30. The minimum atomic E-state index is -0.168. The maximum Gasteiger partial charge on any atom is 0.149 e. The number of aliphatic hydroxyl groups is 1. The van der Waals surface area contributed by atoms with Crippen molar-refractivity contribution in [3.63, 3.8) is 0 Å². The molecule has 1 saturated heterocycles. The van der Waals surface area contributed by atoms with E-state index in [2.05, 4.69) is 14.9 Å². The second-order valence-corrected chi connectivity index (χ2v) is 3.81. The fourth-order valence-electron chi connectivity index (χ4n) is 1.58. The van der Waals surface area contributed by atoms with Crippen LogP contribution in [0.1, 0.15) is 12.8 Å². The van der Waals surface area contributed by atoms with Crippen LogP contribution >= 0.6 is 11.6 Å². The summed E-state index contributed by atoms with van der Waals surface area (Å²) in [6.07, 6.45) is 4.62. The third kappa shape index (κ3) is 2.13. The Labute approximate surface area is 87.5 Å². The van der Waals surface area contributed by atoms with Crippen molar-refractivity contribution in [2.45, 2.75) is 18.9 Å². The molecule has 76 valence electrons. The van der Waals surface area contributed by atoms with Gasteiger partial charge in [0.25, 0.3) is 0 Å². The molecule has 4 nitrogen and oxygen atoms in total. The fourth-order valence-corrected chi connectivity index (χ4v) is 1.72. The number of anilines is 1. The quantitative estimate of drug-likeness (QED) is 0.759. The minimum absolute atomic E-state index is 0.168. The third-order valence-electron chi connectivity index (χ3n) is 2.38. The van der Waals surface area contributed by atoms with Crippen molar-refractivity contribution < 1.29 is 5.11 Å². The summed E-state index contributed by atoms with van der Waals surface area (Å²) in [5.41, 5.74) is 0. The second-order valence-electron chi connectivity index (χ2n) is 3.42. The summed E-state index contributed by atoms with van der Waals surface area (Å²) in [4.78, 5) is 10.2. The predicted octanol–water partition coefficient (Wildman–Crippen LogP) is 1.09. The number of halogens is 1. The maximum absolute atomic E-state index is 9.34. The van der Waals surface area contributed by atoms with Gasteiger partial charge in [-0.15, -0.1) is 0 Å². The molecule has 1 aliphatic rings. The van der Waals surface area contributed by atoms with Crippen LogP contribution < -0.4 is 4.90 Å². The van der Waals surface area contributed by atoms with Crippen LogP contribution in [0.5, 0.6) is 0 Å². The van der Waals surface area contributed by atoms with E-state index in [-0.39, 0.29) is 6.10 Å². The van der Waals surface area contributed by atoms with Crippen LogP contribution in [0.25, 0.3) is 0 Å². The molecule has 14 heavy (non-hydrogen) atoms. The van der Waals surface area contributed by atoms with Gasteiger partial charge >= 0.3 is 0 Å². The molecule has 1 aliphatic heterocycles. The average Bonchev–Trinajstić information content (AvgIpc) is 2.19. The molecule has 0 unspecified atom stereocenters. The highest BCUT2D eigenvalue weighted by atomic mass is 35.5. The largest absolute Gasteiger partial charge is 0.393 e.